The van der Waals surface area contributed by atoms with Crippen molar-refractivity contribution in [3.8, 4) is 0 Å². The number of hydrogen-bond donors (Lipinski definition) is 3. The number of nitrogens with one attached hydrogen (secondary N) is 3. The second-order valence-electron chi connectivity index (χ2n) is 7.27. The van der Waals surface area contributed by atoms with Gasteiger partial charge >= 0.3 is 0 Å². The van der Waals surface area contributed by atoms with Crippen LogP contribution < -0.4 is 16.0 Å². The van der Waals surface area contributed by atoms with Gasteiger partial charge in [-0.2, -0.15) is 0 Å². The highest BCUT2D eigenvalue weighted by atomic mass is 127. The van der Waals surface area contributed by atoms with Crippen LogP contribution in [0, 0.1) is 0 Å². The molecule has 2 bridgehead atoms. The number of hydrogen-bond acceptors (Lipinski definition) is 3. The Bertz CT molecular complexity index is 667. The number of carbonyl (C=O) groups excluding carboxylic acids is 1. The summed E-state index contributed by atoms with van der Waals surface area (Å²) < 4.78 is 5.89. The zero-order valence-electron chi connectivity index (χ0n) is 16.3. The predicted molar refractivity (Wildman–Crippen MR) is 119 cm³/mol. The first-order valence-corrected chi connectivity index (χ1v) is 9.61. The molecule has 6 nitrogen and oxygen atoms in total. The Morgan fingerprint density at radius 3 is 2.81 bits per heavy atom. The van der Waals surface area contributed by atoms with Gasteiger partial charge in [0.15, 0.2) is 5.96 Å². The van der Waals surface area contributed by atoms with E-state index < -0.39 is 0 Å². The molecule has 0 aliphatic carbocycles. The number of amides is 1. The van der Waals surface area contributed by atoms with Gasteiger partial charge in [-0.25, -0.2) is 0 Å². The van der Waals surface area contributed by atoms with Crippen molar-refractivity contribution in [1.29, 1.82) is 0 Å². The molecule has 2 heterocycles. The van der Waals surface area contributed by atoms with Crippen LogP contribution in [0.25, 0.3) is 0 Å². The molecular weight excluding hydrogens is 455 g/mol. The van der Waals surface area contributed by atoms with Crippen LogP contribution >= 0.6 is 24.0 Å². The molecule has 2 saturated heterocycles. The van der Waals surface area contributed by atoms with Crippen molar-refractivity contribution in [1.82, 2.24) is 16.0 Å². The molecule has 4 unspecified atom stereocenters. The number of nitrogens with zero attached hydrogens (tertiary/aromatic N) is 1. The van der Waals surface area contributed by atoms with Crippen molar-refractivity contribution in [2.75, 3.05) is 7.05 Å². The molecule has 7 heteroatoms. The van der Waals surface area contributed by atoms with Gasteiger partial charge in [-0.1, -0.05) is 19.1 Å². The number of aliphatic imine (C=N–C) groups is 1. The molecule has 3 rings (SSSR count). The Morgan fingerprint density at radius 2 is 2.19 bits per heavy atom. The summed E-state index contributed by atoms with van der Waals surface area (Å²) >= 11 is 0. The first-order valence-electron chi connectivity index (χ1n) is 9.61. The standard InChI is InChI=1S/C20H30N4O2.HI/c1-4-13(2)23-19(25)15-7-5-6-14(10-15)12-22-20(21-3)24-17-11-16-8-9-18(17)26-16;/h5-7,10,13,16-18H,4,8-9,11-12H2,1-3H3,(H,23,25)(H2,21,22,24);1H. The van der Waals surface area contributed by atoms with Gasteiger partial charge in [-0.3, -0.25) is 9.79 Å². The Balaban J connectivity index is 0.00000261. The van der Waals surface area contributed by atoms with Gasteiger partial charge in [0.2, 0.25) is 0 Å². The van der Waals surface area contributed by atoms with E-state index in [0.29, 0.717) is 30.4 Å². The molecule has 3 N–H and O–H groups in total. The Kier molecular flexibility index (Phi) is 8.34. The third-order valence-corrected chi connectivity index (χ3v) is 5.29. The van der Waals surface area contributed by atoms with Crippen molar-refractivity contribution in [3.05, 3.63) is 35.4 Å². The lowest BCUT2D eigenvalue weighted by atomic mass is 9.96. The molecule has 0 radical (unpaired) electrons. The number of rotatable bonds is 6. The summed E-state index contributed by atoms with van der Waals surface area (Å²) in [5.41, 5.74) is 1.74. The van der Waals surface area contributed by atoms with E-state index in [4.69, 9.17) is 4.74 Å². The zero-order chi connectivity index (χ0) is 18.5. The summed E-state index contributed by atoms with van der Waals surface area (Å²) in [4.78, 5) is 16.6. The van der Waals surface area contributed by atoms with Crippen molar-refractivity contribution < 1.29 is 9.53 Å². The molecule has 2 aliphatic heterocycles. The fourth-order valence-corrected chi connectivity index (χ4v) is 3.58. The molecule has 0 spiro atoms. The Hall–Kier alpha value is -1.35. The van der Waals surface area contributed by atoms with Crippen LogP contribution in [0.3, 0.4) is 0 Å². The van der Waals surface area contributed by atoms with Gasteiger partial charge in [0.25, 0.3) is 5.91 Å². The van der Waals surface area contributed by atoms with Crippen LogP contribution in [-0.2, 0) is 11.3 Å². The van der Waals surface area contributed by atoms with E-state index in [1.54, 1.807) is 7.05 Å². The fourth-order valence-electron chi connectivity index (χ4n) is 3.58. The van der Waals surface area contributed by atoms with Crippen LogP contribution in [0.1, 0.15) is 55.5 Å². The molecule has 1 amide bonds. The Morgan fingerprint density at radius 1 is 1.37 bits per heavy atom. The first-order chi connectivity index (χ1) is 12.6. The highest BCUT2D eigenvalue weighted by molar-refractivity contribution is 14.0. The summed E-state index contributed by atoms with van der Waals surface area (Å²) in [7, 11) is 1.78. The smallest absolute Gasteiger partial charge is 0.251 e. The van der Waals surface area contributed by atoms with Crippen molar-refractivity contribution >= 4 is 35.8 Å². The largest absolute Gasteiger partial charge is 0.373 e. The van der Waals surface area contributed by atoms with Gasteiger partial charge in [-0.05, 0) is 50.3 Å². The van der Waals surface area contributed by atoms with Crippen LogP contribution in [0.2, 0.25) is 0 Å². The van der Waals surface area contributed by atoms with Crippen LogP contribution in [0.15, 0.2) is 29.3 Å². The third-order valence-electron chi connectivity index (χ3n) is 5.29. The Labute approximate surface area is 178 Å². The first kappa shape index (κ1) is 21.9. The van der Waals surface area contributed by atoms with E-state index in [0.717, 1.165) is 30.8 Å². The minimum Gasteiger partial charge on any atom is -0.373 e. The van der Waals surface area contributed by atoms with E-state index in [9.17, 15) is 4.79 Å². The van der Waals surface area contributed by atoms with Gasteiger partial charge in [0, 0.05) is 25.2 Å². The third kappa shape index (κ3) is 5.81. The van der Waals surface area contributed by atoms with E-state index in [1.165, 1.54) is 6.42 Å². The minimum absolute atomic E-state index is 0. The molecule has 0 aromatic heterocycles. The summed E-state index contributed by atoms with van der Waals surface area (Å²) in [5.74, 6) is 0.753. The lowest BCUT2D eigenvalue weighted by Crippen LogP contribution is -2.47. The SMILES string of the molecule is CCC(C)NC(=O)c1cccc(CNC(=NC)NC2CC3CCC2O3)c1.I. The van der Waals surface area contributed by atoms with E-state index in [1.807, 2.05) is 31.2 Å². The lowest BCUT2D eigenvalue weighted by Gasteiger charge is -2.22. The zero-order valence-corrected chi connectivity index (χ0v) is 18.7. The van der Waals surface area contributed by atoms with Crippen LogP contribution in [0.5, 0.6) is 0 Å². The molecule has 2 fully saturated rings. The number of halogens is 1. The van der Waals surface area contributed by atoms with Crippen LogP contribution in [-0.4, -0.2) is 43.2 Å². The molecule has 1 aromatic rings. The molecule has 4 atom stereocenters. The maximum absolute atomic E-state index is 12.3. The quantitative estimate of drug-likeness (QED) is 0.329. The fraction of sp³-hybridized carbons (Fsp3) is 0.600. The van der Waals surface area contributed by atoms with E-state index in [2.05, 4.69) is 27.9 Å². The van der Waals surface area contributed by atoms with Crippen molar-refractivity contribution in [2.45, 2.75) is 70.4 Å². The summed E-state index contributed by atoms with van der Waals surface area (Å²) in [5, 5.41) is 9.82. The van der Waals surface area contributed by atoms with Gasteiger partial charge in [0.1, 0.15) is 0 Å². The maximum Gasteiger partial charge on any atom is 0.251 e. The number of benzene rings is 1. The van der Waals surface area contributed by atoms with Gasteiger partial charge < -0.3 is 20.7 Å². The molecule has 0 saturated carbocycles. The van der Waals surface area contributed by atoms with Crippen molar-refractivity contribution in [3.63, 3.8) is 0 Å². The monoisotopic (exact) mass is 486 g/mol. The molecule has 27 heavy (non-hydrogen) atoms. The van der Waals surface area contributed by atoms with Gasteiger partial charge in [-0.15, -0.1) is 24.0 Å². The van der Waals surface area contributed by atoms with E-state index in [-0.39, 0.29) is 35.9 Å². The maximum atomic E-state index is 12.3. The predicted octanol–water partition coefficient (Wildman–Crippen LogP) is 2.82. The van der Waals surface area contributed by atoms with Gasteiger partial charge in [0.05, 0.1) is 18.2 Å². The highest BCUT2D eigenvalue weighted by Crippen LogP contribution is 2.34. The second-order valence-corrected chi connectivity index (χ2v) is 7.27. The summed E-state index contributed by atoms with van der Waals surface area (Å²) in [6.45, 7) is 4.69. The normalized spacial score (nSPS) is 24.9. The lowest BCUT2D eigenvalue weighted by molar-refractivity contribution is 0.0939. The summed E-state index contributed by atoms with van der Waals surface area (Å²) in [6.07, 6.45) is 5.01. The highest BCUT2D eigenvalue weighted by Gasteiger charge is 2.41. The molecule has 150 valence electrons. The van der Waals surface area contributed by atoms with E-state index >= 15 is 0 Å². The second kappa shape index (κ2) is 10.3. The van der Waals surface area contributed by atoms with Crippen molar-refractivity contribution in [2.24, 2.45) is 4.99 Å². The summed E-state index contributed by atoms with van der Waals surface area (Å²) in [6, 6.07) is 8.23. The molecule has 1 aromatic carbocycles. The molecule has 2 aliphatic rings. The minimum atomic E-state index is -0.0252. The average molecular weight is 486 g/mol. The number of fused-ring (bicyclic) bond motifs is 2. The average Bonchev–Trinajstić information content (AvgIpc) is 3.28. The topological polar surface area (TPSA) is 74.8 Å². The number of ether oxygens (including phenoxy) is 1. The molecular formula is C20H31IN4O2. The number of guanidine groups is 1. The van der Waals surface area contributed by atoms with Crippen LogP contribution in [0.4, 0.5) is 0 Å². The number of carbonyl (C=O) groups is 1.